The predicted octanol–water partition coefficient (Wildman–Crippen LogP) is 5.60. The van der Waals surface area contributed by atoms with E-state index in [1.807, 2.05) is 31.4 Å². The number of aromatic nitrogens is 2. The molecule has 2 aromatic heterocycles. The fourth-order valence-corrected chi connectivity index (χ4v) is 4.66. The number of nitrogens with zero attached hydrogens (tertiary/aromatic N) is 2. The fraction of sp³-hybridized carbons (Fsp3) is 0.481. The van der Waals surface area contributed by atoms with Gasteiger partial charge in [0.05, 0.1) is 23.4 Å². The zero-order valence-corrected chi connectivity index (χ0v) is 19.8. The van der Waals surface area contributed by atoms with Gasteiger partial charge in [0.1, 0.15) is 5.75 Å². The van der Waals surface area contributed by atoms with E-state index in [9.17, 15) is 4.79 Å². The van der Waals surface area contributed by atoms with Gasteiger partial charge in [-0.3, -0.25) is 4.79 Å². The molecule has 1 fully saturated rings. The van der Waals surface area contributed by atoms with Crippen LogP contribution in [0.4, 0.5) is 0 Å². The SMILES string of the molecule is CNC(CC(=O)c1cnn2ccccc12)C1CC(Oc2ccc(C(C)C)cc2C(C)C)C1. The summed E-state index contributed by atoms with van der Waals surface area (Å²) in [6.07, 6.45) is 6.18. The first-order chi connectivity index (χ1) is 15.4. The van der Waals surface area contributed by atoms with Gasteiger partial charge >= 0.3 is 0 Å². The molecule has 0 saturated heterocycles. The first-order valence-corrected chi connectivity index (χ1v) is 11.8. The van der Waals surface area contributed by atoms with Gasteiger partial charge < -0.3 is 10.1 Å². The number of carbonyl (C=O) groups is 1. The largest absolute Gasteiger partial charge is 0.490 e. The third-order valence-corrected chi connectivity index (χ3v) is 6.82. The van der Waals surface area contributed by atoms with Crippen molar-refractivity contribution in [3.8, 4) is 5.75 Å². The van der Waals surface area contributed by atoms with Crippen LogP contribution in [0.5, 0.6) is 5.75 Å². The monoisotopic (exact) mass is 433 g/mol. The van der Waals surface area contributed by atoms with Crippen LogP contribution in [0.25, 0.3) is 5.52 Å². The molecule has 170 valence electrons. The van der Waals surface area contributed by atoms with Gasteiger partial charge in [0.2, 0.25) is 0 Å². The minimum atomic E-state index is 0.140. The second-order valence-electron chi connectivity index (χ2n) is 9.69. The van der Waals surface area contributed by atoms with Crippen molar-refractivity contribution in [2.45, 2.75) is 70.9 Å². The lowest BCUT2D eigenvalue weighted by Gasteiger charge is -2.40. The number of hydrogen-bond donors (Lipinski definition) is 1. The van der Waals surface area contributed by atoms with Crippen molar-refractivity contribution < 1.29 is 9.53 Å². The standard InChI is InChI=1S/C27H35N3O2/c1-17(2)19-9-10-27(22(14-19)18(3)4)32-21-12-20(13-21)24(28-5)15-26(31)23-16-29-30-11-7-6-8-25(23)30/h6-11,14,16-18,20-21,24,28H,12-13,15H2,1-5H3. The second kappa shape index (κ2) is 9.45. The fourth-order valence-electron chi connectivity index (χ4n) is 4.66. The van der Waals surface area contributed by atoms with Gasteiger partial charge in [-0.15, -0.1) is 0 Å². The third kappa shape index (κ3) is 4.58. The maximum absolute atomic E-state index is 13.0. The van der Waals surface area contributed by atoms with Gasteiger partial charge in [0.15, 0.2) is 5.78 Å². The Morgan fingerprint density at radius 3 is 2.62 bits per heavy atom. The van der Waals surface area contributed by atoms with Crippen LogP contribution in [0.1, 0.15) is 80.3 Å². The predicted molar refractivity (Wildman–Crippen MR) is 129 cm³/mol. The lowest BCUT2D eigenvalue weighted by Crippen LogP contribution is -2.46. The minimum Gasteiger partial charge on any atom is -0.490 e. The first kappa shape index (κ1) is 22.5. The molecule has 0 bridgehead atoms. The summed E-state index contributed by atoms with van der Waals surface area (Å²) in [5, 5.41) is 7.68. The van der Waals surface area contributed by atoms with E-state index in [2.05, 4.69) is 56.3 Å². The molecule has 1 aliphatic rings. The Bertz CT molecular complexity index is 1080. The number of fused-ring (bicyclic) bond motifs is 1. The number of carbonyl (C=O) groups excluding carboxylic acids is 1. The van der Waals surface area contributed by atoms with Crippen molar-refractivity contribution in [2.24, 2.45) is 5.92 Å². The topological polar surface area (TPSA) is 55.6 Å². The first-order valence-electron chi connectivity index (χ1n) is 11.8. The zero-order valence-electron chi connectivity index (χ0n) is 19.8. The molecular formula is C27H35N3O2. The van der Waals surface area contributed by atoms with E-state index in [0.29, 0.717) is 29.7 Å². The number of nitrogens with one attached hydrogen (secondary N) is 1. The number of ketones is 1. The summed E-state index contributed by atoms with van der Waals surface area (Å²) in [5.41, 5.74) is 4.21. The zero-order chi connectivity index (χ0) is 22.8. The molecule has 1 aromatic carbocycles. The smallest absolute Gasteiger partial charge is 0.168 e. The molecule has 1 aliphatic carbocycles. The van der Waals surface area contributed by atoms with Crippen molar-refractivity contribution in [2.75, 3.05) is 7.05 Å². The van der Waals surface area contributed by atoms with E-state index >= 15 is 0 Å². The van der Waals surface area contributed by atoms with E-state index in [1.165, 1.54) is 11.1 Å². The van der Waals surface area contributed by atoms with Gasteiger partial charge in [-0.25, -0.2) is 4.52 Å². The van der Waals surface area contributed by atoms with Gasteiger partial charge in [-0.2, -0.15) is 5.10 Å². The molecule has 1 saturated carbocycles. The molecule has 2 heterocycles. The van der Waals surface area contributed by atoms with Gasteiger partial charge in [-0.1, -0.05) is 45.9 Å². The van der Waals surface area contributed by atoms with Crippen molar-refractivity contribution >= 4 is 11.3 Å². The maximum atomic E-state index is 13.0. The molecule has 5 heteroatoms. The highest BCUT2D eigenvalue weighted by atomic mass is 16.5. The summed E-state index contributed by atoms with van der Waals surface area (Å²) in [5.74, 6) is 2.52. The summed E-state index contributed by atoms with van der Waals surface area (Å²) in [6.45, 7) is 8.89. The number of ether oxygens (including phenoxy) is 1. The van der Waals surface area contributed by atoms with Crippen LogP contribution in [0, 0.1) is 5.92 Å². The maximum Gasteiger partial charge on any atom is 0.168 e. The van der Waals surface area contributed by atoms with Crippen LogP contribution in [-0.4, -0.2) is 34.6 Å². The Balaban J connectivity index is 1.37. The van der Waals surface area contributed by atoms with E-state index < -0.39 is 0 Å². The van der Waals surface area contributed by atoms with Crippen LogP contribution in [-0.2, 0) is 0 Å². The van der Waals surface area contributed by atoms with Crippen molar-refractivity contribution in [3.63, 3.8) is 0 Å². The van der Waals surface area contributed by atoms with Gasteiger partial charge in [-0.05, 0) is 67.0 Å². The number of hydrogen-bond acceptors (Lipinski definition) is 4. The third-order valence-electron chi connectivity index (χ3n) is 6.82. The number of Topliss-reactive ketones (excluding diaryl/α,β-unsaturated/α-hetero) is 1. The minimum absolute atomic E-state index is 0.140. The van der Waals surface area contributed by atoms with Crippen molar-refractivity contribution in [3.05, 3.63) is 65.5 Å². The number of rotatable bonds is 9. The molecule has 1 N–H and O–H groups in total. The van der Waals surface area contributed by atoms with Crippen LogP contribution >= 0.6 is 0 Å². The van der Waals surface area contributed by atoms with Gasteiger partial charge in [0.25, 0.3) is 0 Å². The molecule has 0 radical (unpaired) electrons. The van der Waals surface area contributed by atoms with Crippen LogP contribution in [0.2, 0.25) is 0 Å². The summed E-state index contributed by atoms with van der Waals surface area (Å²) in [7, 11) is 1.95. The summed E-state index contributed by atoms with van der Waals surface area (Å²) >= 11 is 0. The molecule has 3 aromatic rings. The van der Waals surface area contributed by atoms with Gasteiger partial charge in [0, 0.05) is 18.7 Å². The van der Waals surface area contributed by atoms with Crippen LogP contribution in [0.15, 0.2) is 48.8 Å². The molecule has 1 unspecified atom stereocenters. The average Bonchev–Trinajstić information content (AvgIpc) is 3.18. The second-order valence-corrected chi connectivity index (χ2v) is 9.69. The lowest BCUT2D eigenvalue weighted by atomic mass is 9.75. The highest BCUT2D eigenvalue weighted by Gasteiger charge is 2.37. The molecule has 0 aliphatic heterocycles. The summed E-state index contributed by atoms with van der Waals surface area (Å²) < 4.78 is 8.17. The normalized spacial score (nSPS) is 19.3. The van der Waals surface area contributed by atoms with Crippen LogP contribution < -0.4 is 10.1 Å². The highest BCUT2D eigenvalue weighted by molar-refractivity contribution is 6.02. The number of pyridine rings is 1. The lowest BCUT2D eigenvalue weighted by molar-refractivity contribution is 0.0420. The molecule has 5 nitrogen and oxygen atoms in total. The molecule has 1 atom stereocenters. The Morgan fingerprint density at radius 1 is 1.16 bits per heavy atom. The molecule has 0 amide bonds. The van der Waals surface area contributed by atoms with Crippen molar-refractivity contribution in [1.82, 2.24) is 14.9 Å². The Hall–Kier alpha value is -2.66. The Labute approximate surface area is 191 Å². The van der Waals surface area contributed by atoms with E-state index in [4.69, 9.17) is 4.74 Å². The Kier molecular flexibility index (Phi) is 6.66. The van der Waals surface area contributed by atoms with Crippen LogP contribution in [0.3, 0.4) is 0 Å². The quantitative estimate of drug-likeness (QED) is 0.446. The number of benzene rings is 1. The van der Waals surface area contributed by atoms with E-state index in [1.54, 1.807) is 10.7 Å². The molecule has 0 spiro atoms. The van der Waals surface area contributed by atoms with E-state index in [0.717, 1.165) is 24.1 Å². The molecule has 32 heavy (non-hydrogen) atoms. The Morgan fingerprint density at radius 2 is 1.94 bits per heavy atom. The molecule has 4 rings (SSSR count). The molecular weight excluding hydrogens is 398 g/mol. The summed E-state index contributed by atoms with van der Waals surface area (Å²) in [4.78, 5) is 13.0. The van der Waals surface area contributed by atoms with Crippen molar-refractivity contribution in [1.29, 1.82) is 0 Å². The average molecular weight is 434 g/mol. The van der Waals surface area contributed by atoms with E-state index in [-0.39, 0.29) is 17.9 Å². The summed E-state index contributed by atoms with van der Waals surface area (Å²) in [6, 6.07) is 12.6. The highest BCUT2D eigenvalue weighted by Crippen LogP contribution is 2.38.